The number of aliphatic hydroxyl groups is 1. The van der Waals surface area contributed by atoms with E-state index in [9.17, 15) is 9.90 Å². The van der Waals surface area contributed by atoms with Gasteiger partial charge in [0.1, 0.15) is 0 Å². The Morgan fingerprint density at radius 3 is 2.20 bits per heavy atom. The highest BCUT2D eigenvalue weighted by Crippen LogP contribution is 2.09. The number of hydrogen-bond acceptors (Lipinski definition) is 2. The van der Waals surface area contributed by atoms with Gasteiger partial charge in [-0.15, -0.1) is 0 Å². The number of allylic oxidation sites excluding steroid dienone is 2. The highest BCUT2D eigenvalue weighted by Gasteiger charge is 2.05. The molecule has 0 aromatic heterocycles. The lowest BCUT2D eigenvalue weighted by molar-refractivity contribution is -0.137. The molecular formula is C17H32O3. The summed E-state index contributed by atoms with van der Waals surface area (Å²) in [6, 6.07) is 0. The van der Waals surface area contributed by atoms with Gasteiger partial charge in [0, 0.05) is 6.42 Å². The van der Waals surface area contributed by atoms with E-state index in [2.05, 4.69) is 19.1 Å². The molecular weight excluding hydrogens is 252 g/mol. The molecule has 1 unspecified atom stereocenters. The number of unbranched alkanes of at least 4 members (excludes halogenated alkanes) is 7. The van der Waals surface area contributed by atoms with Crippen molar-refractivity contribution < 1.29 is 15.0 Å². The molecule has 0 aliphatic heterocycles. The molecule has 3 nitrogen and oxygen atoms in total. The van der Waals surface area contributed by atoms with Gasteiger partial charge in [0.2, 0.25) is 0 Å². The van der Waals surface area contributed by atoms with E-state index in [-0.39, 0.29) is 6.42 Å². The lowest BCUT2D eigenvalue weighted by atomic mass is 10.1. The molecule has 118 valence electrons. The fraction of sp³-hybridized carbons (Fsp3) is 0.824. The van der Waals surface area contributed by atoms with E-state index < -0.39 is 12.1 Å². The van der Waals surface area contributed by atoms with Crippen LogP contribution in [0.5, 0.6) is 0 Å². The zero-order valence-corrected chi connectivity index (χ0v) is 13.0. The van der Waals surface area contributed by atoms with Crippen molar-refractivity contribution >= 4 is 5.97 Å². The van der Waals surface area contributed by atoms with Crippen molar-refractivity contribution in [2.75, 3.05) is 0 Å². The quantitative estimate of drug-likeness (QED) is 0.359. The average molecular weight is 284 g/mol. The second-order valence-corrected chi connectivity index (χ2v) is 5.54. The second kappa shape index (κ2) is 14.6. The van der Waals surface area contributed by atoms with E-state index in [4.69, 9.17) is 5.11 Å². The summed E-state index contributed by atoms with van der Waals surface area (Å²) in [7, 11) is 0. The third-order valence-electron chi connectivity index (χ3n) is 3.50. The predicted octanol–water partition coefficient (Wildman–Crippen LogP) is 4.69. The molecule has 1 atom stereocenters. The minimum Gasteiger partial charge on any atom is -0.481 e. The summed E-state index contributed by atoms with van der Waals surface area (Å²) in [5.74, 6) is -0.835. The molecule has 3 heteroatoms. The fourth-order valence-electron chi connectivity index (χ4n) is 2.18. The van der Waals surface area contributed by atoms with Crippen LogP contribution < -0.4 is 0 Å². The first-order chi connectivity index (χ1) is 9.66. The van der Waals surface area contributed by atoms with Crippen molar-refractivity contribution in [2.45, 2.75) is 90.1 Å². The Kier molecular flexibility index (Phi) is 14.0. The Morgan fingerprint density at radius 2 is 1.55 bits per heavy atom. The molecule has 0 aliphatic carbocycles. The summed E-state index contributed by atoms with van der Waals surface area (Å²) in [6.45, 7) is 2.24. The minimum absolute atomic E-state index is 0.0584. The van der Waals surface area contributed by atoms with Crippen LogP contribution in [0.4, 0.5) is 0 Å². The molecule has 0 spiro atoms. The van der Waals surface area contributed by atoms with Crippen molar-refractivity contribution in [1.29, 1.82) is 0 Å². The van der Waals surface area contributed by atoms with Crippen molar-refractivity contribution in [3.05, 3.63) is 12.2 Å². The zero-order valence-electron chi connectivity index (χ0n) is 13.0. The number of aliphatic hydroxyl groups excluding tert-OH is 1. The van der Waals surface area contributed by atoms with E-state index in [1.807, 2.05) is 0 Å². The molecule has 0 radical (unpaired) electrons. The molecule has 0 aliphatic rings. The molecule has 0 saturated heterocycles. The Hall–Kier alpha value is -0.830. The van der Waals surface area contributed by atoms with Crippen molar-refractivity contribution in [1.82, 2.24) is 0 Å². The summed E-state index contributed by atoms with van der Waals surface area (Å²) < 4.78 is 0. The Morgan fingerprint density at radius 1 is 0.950 bits per heavy atom. The fourth-order valence-corrected chi connectivity index (χ4v) is 2.18. The highest BCUT2D eigenvalue weighted by atomic mass is 16.4. The number of carboxylic acid groups (broad SMARTS) is 1. The van der Waals surface area contributed by atoms with Crippen LogP contribution >= 0.6 is 0 Å². The summed E-state index contributed by atoms with van der Waals surface area (Å²) in [5, 5.41) is 18.0. The van der Waals surface area contributed by atoms with E-state index in [0.717, 1.165) is 12.8 Å². The second-order valence-electron chi connectivity index (χ2n) is 5.54. The first kappa shape index (κ1) is 19.2. The van der Waals surface area contributed by atoms with Crippen LogP contribution in [0.3, 0.4) is 0 Å². The molecule has 20 heavy (non-hydrogen) atoms. The molecule has 0 saturated carbocycles. The number of rotatable bonds is 14. The van der Waals surface area contributed by atoms with Gasteiger partial charge in [-0.2, -0.15) is 0 Å². The van der Waals surface area contributed by atoms with Crippen molar-refractivity contribution in [3.8, 4) is 0 Å². The molecule has 0 amide bonds. The molecule has 0 heterocycles. The Labute approximate surface area is 124 Å². The summed E-state index contributed by atoms with van der Waals surface area (Å²) >= 11 is 0. The molecule has 2 N–H and O–H groups in total. The molecule has 0 bridgehead atoms. The normalized spacial score (nSPS) is 12.9. The topological polar surface area (TPSA) is 57.5 Å². The monoisotopic (exact) mass is 284 g/mol. The van der Waals surface area contributed by atoms with Crippen LogP contribution in [0.1, 0.15) is 84.0 Å². The first-order valence-electron chi connectivity index (χ1n) is 8.21. The van der Waals surface area contributed by atoms with E-state index in [1.165, 1.54) is 44.9 Å². The predicted molar refractivity (Wildman–Crippen MR) is 83.9 cm³/mol. The van der Waals surface area contributed by atoms with Gasteiger partial charge >= 0.3 is 5.97 Å². The first-order valence-corrected chi connectivity index (χ1v) is 8.21. The van der Waals surface area contributed by atoms with E-state index >= 15 is 0 Å². The van der Waals surface area contributed by atoms with Crippen LogP contribution in [0, 0.1) is 0 Å². The summed E-state index contributed by atoms with van der Waals surface area (Å²) in [4.78, 5) is 10.3. The summed E-state index contributed by atoms with van der Waals surface area (Å²) in [5.41, 5.74) is 0. The van der Waals surface area contributed by atoms with Gasteiger partial charge in [-0.1, -0.05) is 57.6 Å². The maximum Gasteiger partial charge on any atom is 0.303 e. The Bertz CT molecular complexity index is 249. The molecule has 0 aromatic rings. The standard InChI is InChI=1S/C17H32O3/c1-2-3-4-5-6-7-8-9-10-11-12-13-16(18)14-15-17(19)20/h10-11,16,18H,2-9,12-15H2,1H3,(H,19,20)/b11-10-. The lowest BCUT2D eigenvalue weighted by Gasteiger charge is -2.06. The highest BCUT2D eigenvalue weighted by molar-refractivity contribution is 5.66. The van der Waals surface area contributed by atoms with Crippen LogP contribution in [0.15, 0.2) is 12.2 Å². The Balaban J connectivity index is 3.25. The van der Waals surface area contributed by atoms with Gasteiger partial charge in [0.25, 0.3) is 0 Å². The van der Waals surface area contributed by atoms with Gasteiger partial charge in [-0.3, -0.25) is 4.79 Å². The van der Waals surface area contributed by atoms with Gasteiger partial charge in [-0.05, 0) is 32.1 Å². The number of hydrogen-bond donors (Lipinski definition) is 2. The van der Waals surface area contributed by atoms with Crippen molar-refractivity contribution in [3.63, 3.8) is 0 Å². The van der Waals surface area contributed by atoms with Crippen LogP contribution in [0.25, 0.3) is 0 Å². The lowest BCUT2D eigenvalue weighted by Crippen LogP contribution is -2.08. The van der Waals surface area contributed by atoms with Gasteiger partial charge in [0.05, 0.1) is 6.10 Å². The van der Waals surface area contributed by atoms with Crippen LogP contribution in [-0.2, 0) is 4.79 Å². The largest absolute Gasteiger partial charge is 0.481 e. The van der Waals surface area contributed by atoms with Gasteiger partial charge < -0.3 is 10.2 Å². The smallest absolute Gasteiger partial charge is 0.303 e. The number of carbonyl (C=O) groups is 1. The number of carboxylic acids is 1. The average Bonchev–Trinajstić information content (AvgIpc) is 2.42. The maximum absolute atomic E-state index is 10.3. The SMILES string of the molecule is CCCCCCCCC/C=C\CCC(O)CCC(=O)O. The van der Waals surface area contributed by atoms with Crippen LogP contribution in [0.2, 0.25) is 0 Å². The molecule has 0 aromatic carbocycles. The third kappa shape index (κ3) is 15.2. The van der Waals surface area contributed by atoms with Crippen molar-refractivity contribution in [2.24, 2.45) is 0 Å². The zero-order chi connectivity index (χ0) is 15.1. The summed E-state index contributed by atoms with van der Waals surface area (Å²) in [6.07, 6.45) is 16.2. The maximum atomic E-state index is 10.3. The number of aliphatic carboxylic acids is 1. The van der Waals surface area contributed by atoms with E-state index in [1.54, 1.807) is 0 Å². The third-order valence-corrected chi connectivity index (χ3v) is 3.50. The van der Waals surface area contributed by atoms with Crippen LogP contribution in [-0.4, -0.2) is 22.3 Å². The minimum atomic E-state index is -0.835. The van der Waals surface area contributed by atoms with Gasteiger partial charge in [0.15, 0.2) is 0 Å². The molecule has 0 fully saturated rings. The van der Waals surface area contributed by atoms with Gasteiger partial charge in [-0.25, -0.2) is 0 Å². The molecule has 0 rings (SSSR count). The van der Waals surface area contributed by atoms with E-state index in [0.29, 0.717) is 12.8 Å².